The van der Waals surface area contributed by atoms with Gasteiger partial charge in [-0.1, -0.05) is 13.8 Å². The summed E-state index contributed by atoms with van der Waals surface area (Å²) < 4.78 is 13.9. The molecule has 1 fully saturated rings. The summed E-state index contributed by atoms with van der Waals surface area (Å²) >= 11 is 0. The zero-order valence-electron chi connectivity index (χ0n) is 14.0. The van der Waals surface area contributed by atoms with Gasteiger partial charge in [0.05, 0.1) is 11.0 Å². The van der Waals surface area contributed by atoms with Crippen LogP contribution in [0.2, 0.25) is 0 Å². The van der Waals surface area contributed by atoms with Crippen molar-refractivity contribution in [3.8, 4) is 11.5 Å². The summed E-state index contributed by atoms with van der Waals surface area (Å²) in [4.78, 5) is 4.89. The number of nitrogens with one attached hydrogen (secondary N) is 1. The van der Waals surface area contributed by atoms with Crippen LogP contribution in [0.15, 0.2) is 12.1 Å². The number of imidazole rings is 1. The van der Waals surface area contributed by atoms with Gasteiger partial charge in [-0.25, -0.2) is 4.98 Å². The molecule has 0 radical (unpaired) electrons. The average Bonchev–Trinajstić information content (AvgIpc) is 2.92. The van der Waals surface area contributed by atoms with Gasteiger partial charge in [-0.2, -0.15) is 0 Å². The Morgan fingerprint density at radius 3 is 2.74 bits per heavy atom. The third-order valence-corrected chi connectivity index (χ3v) is 4.80. The van der Waals surface area contributed by atoms with Crippen LogP contribution in [0.5, 0.6) is 11.5 Å². The molecule has 1 unspecified atom stereocenters. The number of hydrogen-bond acceptors (Lipinski definition) is 4. The molecule has 0 bridgehead atoms. The van der Waals surface area contributed by atoms with Crippen molar-refractivity contribution in [2.75, 3.05) is 26.3 Å². The highest BCUT2D eigenvalue weighted by Crippen LogP contribution is 2.36. The quantitative estimate of drug-likeness (QED) is 0.946. The van der Waals surface area contributed by atoms with Crippen molar-refractivity contribution in [1.82, 2.24) is 14.9 Å². The molecular formula is C18H25N3O2. The minimum atomic E-state index is 0.401. The van der Waals surface area contributed by atoms with E-state index in [2.05, 4.69) is 29.8 Å². The van der Waals surface area contributed by atoms with Crippen LogP contribution < -0.4 is 14.8 Å². The van der Waals surface area contributed by atoms with Gasteiger partial charge in [0, 0.05) is 24.6 Å². The molecule has 5 heteroatoms. The van der Waals surface area contributed by atoms with Gasteiger partial charge in [0.25, 0.3) is 0 Å². The first-order valence-electron chi connectivity index (χ1n) is 8.73. The third-order valence-electron chi connectivity index (χ3n) is 4.80. The second kappa shape index (κ2) is 6.04. The number of ether oxygens (including phenoxy) is 2. The number of nitrogens with zero attached hydrogens (tertiary/aromatic N) is 2. The van der Waals surface area contributed by atoms with Crippen LogP contribution in [0, 0.1) is 5.92 Å². The Hall–Kier alpha value is -1.75. The number of aromatic nitrogens is 2. The molecule has 0 amide bonds. The molecule has 0 saturated carbocycles. The fourth-order valence-electron chi connectivity index (χ4n) is 3.65. The average molecular weight is 315 g/mol. The lowest BCUT2D eigenvalue weighted by Gasteiger charge is -2.25. The van der Waals surface area contributed by atoms with Crippen molar-refractivity contribution in [3.63, 3.8) is 0 Å². The van der Waals surface area contributed by atoms with Gasteiger partial charge in [0.1, 0.15) is 19.0 Å². The number of rotatable bonds is 3. The Kier molecular flexibility index (Phi) is 3.89. The maximum Gasteiger partial charge on any atom is 0.163 e. The maximum atomic E-state index is 5.77. The SMILES string of the molecule is CC(C)c1nc2cc3c(cc2n1CC1CCCNC1)OCCO3. The molecule has 23 heavy (non-hydrogen) atoms. The second-order valence-electron chi connectivity index (χ2n) is 6.93. The summed E-state index contributed by atoms with van der Waals surface area (Å²) in [5.74, 6) is 3.91. The van der Waals surface area contributed by atoms with Crippen molar-refractivity contribution in [1.29, 1.82) is 0 Å². The lowest BCUT2D eigenvalue weighted by atomic mass is 9.99. The molecule has 1 N–H and O–H groups in total. The van der Waals surface area contributed by atoms with Gasteiger partial charge < -0.3 is 19.4 Å². The molecule has 1 aromatic carbocycles. The maximum absolute atomic E-state index is 5.77. The van der Waals surface area contributed by atoms with E-state index in [0.29, 0.717) is 25.0 Å². The summed E-state index contributed by atoms with van der Waals surface area (Å²) in [7, 11) is 0. The monoisotopic (exact) mass is 315 g/mol. The molecule has 0 aliphatic carbocycles. The van der Waals surface area contributed by atoms with Crippen LogP contribution in [0.3, 0.4) is 0 Å². The van der Waals surface area contributed by atoms with E-state index in [4.69, 9.17) is 14.5 Å². The van der Waals surface area contributed by atoms with Gasteiger partial charge in [-0.3, -0.25) is 0 Å². The van der Waals surface area contributed by atoms with Gasteiger partial charge in [-0.05, 0) is 31.8 Å². The van der Waals surface area contributed by atoms with Crippen LogP contribution in [-0.4, -0.2) is 35.9 Å². The van der Waals surface area contributed by atoms with Crippen LogP contribution >= 0.6 is 0 Å². The fraction of sp³-hybridized carbons (Fsp3) is 0.611. The van der Waals surface area contributed by atoms with E-state index in [1.165, 1.54) is 18.4 Å². The van der Waals surface area contributed by atoms with Crippen molar-refractivity contribution in [3.05, 3.63) is 18.0 Å². The van der Waals surface area contributed by atoms with Crippen LogP contribution in [-0.2, 0) is 6.54 Å². The molecule has 1 saturated heterocycles. The molecule has 2 aliphatic rings. The largest absolute Gasteiger partial charge is 0.486 e. The fourth-order valence-corrected chi connectivity index (χ4v) is 3.65. The third kappa shape index (κ3) is 2.78. The predicted octanol–water partition coefficient (Wildman–Crippen LogP) is 2.93. The highest BCUT2D eigenvalue weighted by atomic mass is 16.6. The molecule has 1 atom stereocenters. The highest BCUT2D eigenvalue weighted by Gasteiger charge is 2.22. The van der Waals surface area contributed by atoms with E-state index in [0.717, 1.165) is 42.5 Å². The Bertz CT molecular complexity index is 702. The molecule has 5 nitrogen and oxygen atoms in total. The molecular weight excluding hydrogens is 290 g/mol. The summed E-state index contributed by atoms with van der Waals surface area (Å²) in [6.07, 6.45) is 2.55. The molecule has 0 spiro atoms. The van der Waals surface area contributed by atoms with Crippen LogP contribution in [0.1, 0.15) is 38.4 Å². The first kappa shape index (κ1) is 14.8. The van der Waals surface area contributed by atoms with E-state index >= 15 is 0 Å². The first-order chi connectivity index (χ1) is 11.2. The standard InChI is InChI=1S/C18H25N3O2/c1-12(2)18-20-14-8-16-17(23-7-6-22-16)9-15(14)21(18)11-13-4-3-5-19-10-13/h8-9,12-13,19H,3-7,10-11H2,1-2H3. The predicted molar refractivity (Wildman–Crippen MR) is 90.4 cm³/mol. The zero-order valence-corrected chi connectivity index (χ0v) is 14.0. The van der Waals surface area contributed by atoms with E-state index in [1.807, 2.05) is 6.07 Å². The van der Waals surface area contributed by atoms with Crippen LogP contribution in [0.4, 0.5) is 0 Å². The number of piperidine rings is 1. The van der Waals surface area contributed by atoms with E-state index < -0.39 is 0 Å². The van der Waals surface area contributed by atoms with Gasteiger partial charge in [0.2, 0.25) is 0 Å². The van der Waals surface area contributed by atoms with Gasteiger partial charge >= 0.3 is 0 Å². The van der Waals surface area contributed by atoms with E-state index in [-0.39, 0.29) is 0 Å². The summed E-state index contributed by atoms with van der Waals surface area (Å²) in [5.41, 5.74) is 2.19. The smallest absolute Gasteiger partial charge is 0.163 e. The lowest BCUT2D eigenvalue weighted by Crippen LogP contribution is -2.32. The Labute approximate surface area is 137 Å². The van der Waals surface area contributed by atoms with E-state index in [9.17, 15) is 0 Å². The summed E-state index contributed by atoms with van der Waals surface area (Å²) in [6, 6.07) is 4.14. The highest BCUT2D eigenvalue weighted by molar-refractivity contribution is 5.81. The Balaban J connectivity index is 1.77. The molecule has 1 aromatic heterocycles. The first-order valence-corrected chi connectivity index (χ1v) is 8.73. The lowest BCUT2D eigenvalue weighted by molar-refractivity contribution is 0.172. The number of fused-ring (bicyclic) bond motifs is 2. The van der Waals surface area contributed by atoms with Crippen LogP contribution in [0.25, 0.3) is 11.0 Å². The minimum absolute atomic E-state index is 0.401. The minimum Gasteiger partial charge on any atom is -0.486 e. The number of benzene rings is 1. The Morgan fingerprint density at radius 2 is 2.04 bits per heavy atom. The van der Waals surface area contributed by atoms with Crippen molar-refractivity contribution >= 4 is 11.0 Å². The summed E-state index contributed by atoms with van der Waals surface area (Å²) in [6.45, 7) is 8.93. The molecule has 124 valence electrons. The van der Waals surface area contributed by atoms with E-state index in [1.54, 1.807) is 0 Å². The van der Waals surface area contributed by atoms with Crippen molar-refractivity contribution in [2.24, 2.45) is 5.92 Å². The molecule has 2 aromatic rings. The van der Waals surface area contributed by atoms with Gasteiger partial charge in [-0.15, -0.1) is 0 Å². The molecule has 2 aliphatic heterocycles. The zero-order chi connectivity index (χ0) is 15.8. The van der Waals surface area contributed by atoms with Crippen molar-refractivity contribution < 1.29 is 9.47 Å². The Morgan fingerprint density at radius 1 is 1.26 bits per heavy atom. The topological polar surface area (TPSA) is 48.3 Å². The second-order valence-corrected chi connectivity index (χ2v) is 6.93. The summed E-state index contributed by atoms with van der Waals surface area (Å²) in [5, 5.41) is 3.52. The normalized spacial score (nSPS) is 21.1. The van der Waals surface area contributed by atoms with Gasteiger partial charge in [0.15, 0.2) is 11.5 Å². The molecule has 3 heterocycles. The number of hydrogen-bond donors (Lipinski definition) is 1. The van der Waals surface area contributed by atoms with Crippen molar-refractivity contribution in [2.45, 2.75) is 39.2 Å². The molecule has 4 rings (SSSR count).